The molecule has 0 saturated carbocycles. The third kappa shape index (κ3) is 3.25. The van der Waals surface area contributed by atoms with Crippen molar-refractivity contribution in [2.45, 2.75) is 13.0 Å². The van der Waals surface area contributed by atoms with Gasteiger partial charge in [0.25, 0.3) is 0 Å². The van der Waals surface area contributed by atoms with Crippen LogP contribution in [-0.2, 0) is 6.54 Å². The Morgan fingerprint density at radius 2 is 1.91 bits per heavy atom. The number of fused-ring (bicyclic) bond motifs is 1. The number of nitrogens with one attached hydrogen (secondary N) is 1. The Hall–Kier alpha value is -2.82. The first-order valence-electron chi connectivity index (χ1n) is 7.28. The van der Waals surface area contributed by atoms with Crippen molar-refractivity contribution in [2.75, 3.05) is 11.4 Å². The fraction of sp³-hybridized carbons (Fsp3) is 0.176. The second kappa shape index (κ2) is 6.30. The summed E-state index contributed by atoms with van der Waals surface area (Å²) in [7, 11) is 0. The van der Waals surface area contributed by atoms with E-state index in [-0.39, 0.29) is 5.84 Å². The largest absolute Gasteiger partial charge is 0.388 e. The van der Waals surface area contributed by atoms with Crippen LogP contribution in [0.25, 0.3) is 5.65 Å². The first-order chi connectivity index (χ1) is 10.7. The number of nitrogens with two attached hydrogens (primary N) is 1. The fourth-order valence-corrected chi connectivity index (χ4v) is 2.45. The van der Waals surface area contributed by atoms with Crippen LogP contribution in [0.15, 0.2) is 60.9 Å². The Morgan fingerprint density at radius 3 is 2.64 bits per heavy atom. The van der Waals surface area contributed by atoms with Crippen LogP contribution < -0.4 is 10.6 Å². The van der Waals surface area contributed by atoms with Gasteiger partial charge >= 0.3 is 0 Å². The molecule has 0 bridgehead atoms. The van der Waals surface area contributed by atoms with Crippen LogP contribution in [0.5, 0.6) is 0 Å². The maximum Gasteiger partial charge on any atom is 0.137 e. The summed E-state index contributed by atoms with van der Waals surface area (Å²) < 4.78 is 2.02. The van der Waals surface area contributed by atoms with Gasteiger partial charge in [0.15, 0.2) is 0 Å². The van der Waals surface area contributed by atoms with Gasteiger partial charge in [-0.25, -0.2) is 4.98 Å². The quantitative estimate of drug-likeness (QED) is 0.542. The van der Waals surface area contributed by atoms with Gasteiger partial charge in [-0.2, -0.15) is 0 Å². The molecule has 0 aliphatic heterocycles. The topological polar surface area (TPSA) is 70.4 Å². The highest BCUT2D eigenvalue weighted by Crippen LogP contribution is 2.17. The van der Waals surface area contributed by atoms with E-state index < -0.39 is 0 Å². The molecule has 5 nitrogen and oxygen atoms in total. The van der Waals surface area contributed by atoms with Crippen molar-refractivity contribution >= 4 is 17.2 Å². The molecular formula is C17H19N5. The zero-order chi connectivity index (χ0) is 15.4. The van der Waals surface area contributed by atoms with E-state index in [0.29, 0.717) is 19.5 Å². The van der Waals surface area contributed by atoms with Gasteiger partial charge in [0.2, 0.25) is 0 Å². The average molecular weight is 293 g/mol. The minimum atomic E-state index is 0.205. The van der Waals surface area contributed by atoms with Gasteiger partial charge in [-0.1, -0.05) is 24.3 Å². The Labute approximate surface area is 129 Å². The molecule has 0 fully saturated rings. The lowest BCUT2D eigenvalue weighted by Crippen LogP contribution is -2.27. The van der Waals surface area contributed by atoms with Gasteiger partial charge in [-0.05, 0) is 24.3 Å². The van der Waals surface area contributed by atoms with E-state index in [4.69, 9.17) is 11.1 Å². The molecule has 3 rings (SSSR count). The molecule has 0 radical (unpaired) electrons. The maximum atomic E-state index is 7.45. The van der Waals surface area contributed by atoms with Gasteiger partial charge in [-0.15, -0.1) is 0 Å². The van der Waals surface area contributed by atoms with Crippen LogP contribution in [0.4, 0.5) is 5.69 Å². The lowest BCUT2D eigenvalue weighted by molar-refractivity contribution is 0.789. The standard InChI is InChI=1S/C17H19N5/c18-16(19)9-11-21(15-6-2-1-3-7-15)12-14-13-22-10-5-4-8-17(22)20-14/h1-8,10,13H,9,11-12H2,(H3,18,19). The molecule has 3 N–H and O–H groups in total. The number of aromatic nitrogens is 2. The zero-order valence-corrected chi connectivity index (χ0v) is 12.3. The van der Waals surface area contributed by atoms with E-state index >= 15 is 0 Å². The van der Waals surface area contributed by atoms with Crippen molar-refractivity contribution in [3.05, 3.63) is 66.6 Å². The zero-order valence-electron chi connectivity index (χ0n) is 12.3. The molecule has 0 saturated heterocycles. The second-order valence-electron chi connectivity index (χ2n) is 5.23. The summed E-state index contributed by atoms with van der Waals surface area (Å²) in [5.41, 5.74) is 8.56. The van der Waals surface area contributed by atoms with Crippen molar-refractivity contribution < 1.29 is 0 Å². The minimum absolute atomic E-state index is 0.205. The molecule has 0 aliphatic rings. The summed E-state index contributed by atoms with van der Waals surface area (Å²) >= 11 is 0. The van der Waals surface area contributed by atoms with Gasteiger partial charge < -0.3 is 15.0 Å². The highest BCUT2D eigenvalue weighted by molar-refractivity contribution is 5.77. The number of benzene rings is 1. The molecule has 2 heterocycles. The number of anilines is 1. The number of hydrogen-bond donors (Lipinski definition) is 2. The molecular weight excluding hydrogens is 274 g/mol. The Balaban J connectivity index is 1.83. The maximum absolute atomic E-state index is 7.45. The van der Waals surface area contributed by atoms with Crippen molar-refractivity contribution in [3.63, 3.8) is 0 Å². The summed E-state index contributed by atoms with van der Waals surface area (Å²) in [5.74, 6) is 0.205. The van der Waals surface area contributed by atoms with Gasteiger partial charge in [0.1, 0.15) is 5.65 Å². The summed E-state index contributed by atoms with van der Waals surface area (Å²) in [6, 6.07) is 16.1. The van der Waals surface area contributed by atoms with E-state index in [1.54, 1.807) is 0 Å². The SMILES string of the molecule is N=C(N)CCN(Cc1cn2ccccc2n1)c1ccccc1. The fourth-order valence-electron chi connectivity index (χ4n) is 2.45. The normalized spacial score (nSPS) is 10.7. The summed E-state index contributed by atoms with van der Waals surface area (Å²) in [6.45, 7) is 1.40. The summed E-state index contributed by atoms with van der Waals surface area (Å²) in [6.07, 6.45) is 4.58. The Morgan fingerprint density at radius 1 is 1.14 bits per heavy atom. The Kier molecular flexibility index (Phi) is 4.05. The smallest absolute Gasteiger partial charge is 0.137 e. The van der Waals surface area contributed by atoms with Gasteiger partial charge in [0, 0.05) is 31.0 Å². The van der Waals surface area contributed by atoms with Gasteiger partial charge in [-0.3, -0.25) is 5.41 Å². The number of imidazole rings is 1. The molecule has 0 unspecified atom stereocenters. The van der Waals surface area contributed by atoms with E-state index in [2.05, 4.69) is 22.0 Å². The molecule has 2 aromatic heterocycles. The van der Waals surface area contributed by atoms with Crippen LogP contribution in [0.1, 0.15) is 12.1 Å². The molecule has 22 heavy (non-hydrogen) atoms. The number of nitrogens with zero attached hydrogens (tertiary/aromatic N) is 3. The van der Waals surface area contributed by atoms with Crippen LogP contribution in [0, 0.1) is 5.41 Å². The minimum Gasteiger partial charge on any atom is -0.388 e. The van der Waals surface area contributed by atoms with Crippen LogP contribution in [0.2, 0.25) is 0 Å². The van der Waals surface area contributed by atoms with E-state index in [9.17, 15) is 0 Å². The molecule has 5 heteroatoms. The first kappa shape index (κ1) is 14.1. The highest BCUT2D eigenvalue weighted by Gasteiger charge is 2.10. The molecule has 0 aliphatic carbocycles. The van der Waals surface area contributed by atoms with Crippen molar-refractivity contribution in [1.29, 1.82) is 5.41 Å². The van der Waals surface area contributed by atoms with Crippen molar-refractivity contribution in [2.24, 2.45) is 5.73 Å². The third-order valence-corrected chi connectivity index (χ3v) is 3.54. The first-order valence-corrected chi connectivity index (χ1v) is 7.28. The number of amidine groups is 1. The lowest BCUT2D eigenvalue weighted by atomic mass is 10.2. The molecule has 0 atom stereocenters. The molecule has 3 aromatic rings. The molecule has 0 amide bonds. The Bertz CT molecular complexity index is 730. The number of rotatable bonds is 6. The van der Waals surface area contributed by atoms with Crippen LogP contribution in [-0.4, -0.2) is 21.8 Å². The predicted molar refractivity (Wildman–Crippen MR) is 89.2 cm³/mol. The average Bonchev–Trinajstić information content (AvgIpc) is 2.94. The lowest BCUT2D eigenvalue weighted by Gasteiger charge is -2.23. The van der Waals surface area contributed by atoms with Gasteiger partial charge in [0.05, 0.1) is 18.1 Å². The highest BCUT2D eigenvalue weighted by atomic mass is 15.1. The predicted octanol–water partition coefficient (Wildman–Crippen LogP) is 2.67. The summed E-state index contributed by atoms with van der Waals surface area (Å²) in [5, 5.41) is 7.45. The van der Waals surface area contributed by atoms with E-state index in [1.807, 2.05) is 53.2 Å². The van der Waals surface area contributed by atoms with Crippen LogP contribution >= 0.6 is 0 Å². The van der Waals surface area contributed by atoms with Crippen molar-refractivity contribution in [1.82, 2.24) is 9.38 Å². The number of pyridine rings is 1. The third-order valence-electron chi connectivity index (χ3n) is 3.54. The second-order valence-corrected chi connectivity index (χ2v) is 5.23. The van der Waals surface area contributed by atoms with Crippen LogP contribution in [0.3, 0.4) is 0 Å². The summed E-state index contributed by atoms with van der Waals surface area (Å²) in [4.78, 5) is 6.84. The molecule has 1 aromatic carbocycles. The monoisotopic (exact) mass is 293 g/mol. The van der Waals surface area contributed by atoms with E-state index in [1.165, 1.54) is 0 Å². The molecule has 112 valence electrons. The van der Waals surface area contributed by atoms with E-state index in [0.717, 1.165) is 17.0 Å². The van der Waals surface area contributed by atoms with Crippen molar-refractivity contribution in [3.8, 4) is 0 Å². The molecule has 0 spiro atoms. The number of hydrogen-bond acceptors (Lipinski definition) is 3. The number of para-hydroxylation sites is 1.